The van der Waals surface area contributed by atoms with Crippen LogP contribution in [0, 0.1) is 41.0 Å². The Labute approximate surface area is 634 Å². The van der Waals surface area contributed by atoms with Gasteiger partial charge in [-0.1, -0.05) is 58.0 Å². The number of ether oxygens (including phenoxy) is 4. The highest BCUT2D eigenvalue weighted by Gasteiger charge is 2.38. The third-order valence-corrected chi connectivity index (χ3v) is 17.8. The number of hydrogen-bond donors (Lipinski definition) is 10. The zero-order valence-electron chi connectivity index (χ0n) is 58.3. The predicted octanol–water partition coefficient (Wildman–Crippen LogP) is 16.7. The molecule has 0 aliphatic rings. The molecular weight excluding hydrogens is 1540 g/mol. The standard InChI is InChI=1S/C15H13ClF3NO4.C15H16ClNO4.C14H12Cl2N2O6.C14H14N2O6.C13H14ClNO2/c1-2-24-14(23)13-7(3-6-10(21)22)11-9(20-13)5-4-8(16)12(11)15(17,18)19;1-3-21-15(20)14-9(4-5-12(18)19)10-6-8(2)7-11(16)13(10)17-14;1-2-24-14(21)12-6(3-4-9(19)20)10-11(16)8(18(22)23)5-7(15)13(10)17-12;1-2-22-12(17)6-4-9-10-7-8(16(20)21)3-5-11(10)15-13(9)14(18)19;1-7-5-12-10(6-11(7)14)9(8(2)15-12)3-4-13(16)17/h4-5,20H,2-3,6H2,1H3,(H,21,22);6-7,17H,3-5H2,1-2H3,(H,18,19);5,17H,2-4H2,1H3,(H,19,20);3,5,7,15H,2,4,6H2,1H3,(H,18,19);5-6,15H,3-4H2,1-2H3,(H,16,17). The number of hydrogen-bond acceptors (Lipinski definition) is 17. The van der Waals surface area contributed by atoms with Gasteiger partial charge < -0.3 is 69.4 Å². The molecule has 0 amide bonds. The first-order valence-electron chi connectivity index (χ1n) is 32.5. The Morgan fingerprint density at radius 2 is 0.907 bits per heavy atom. The average Bonchev–Trinajstić information content (AvgIpc) is 1.64. The molecule has 29 nitrogen and oxygen atoms in total. The van der Waals surface area contributed by atoms with E-state index in [1.54, 1.807) is 33.8 Å². The number of nitrogens with one attached hydrogen (secondary N) is 5. The van der Waals surface area contributed by atoms with Gasteiger partial charge in [0.2, 0.25) is 0 Å². The number of nitrogens with zero attached hydrogens (tertiary/aromatic N) is 2. The molecule has 10 rings (SSSR count). The van der Waals surface area contributed by atoms with Gasteiger partial charge in [-0.2, -0.15) is 13.2 Å². The van der Waals surface area contributed by atoms with Crippen molar-refractivity contribution in [2.75, 3.05) is 26.4 Å². The molecule has 0 aliphatic carbocycles. The summed E-state index contributed by atoms with van der Waals surface area (Å²) in [6.07, 6.45) is -4.87. The summed E-state index contributed by atoms with van der Waals surface area (Å²) < 4.78 is 59.7. The highest BCUT2D eigenvalue weighted by molar-refractivity contribution is 6.42. The number of fused-ring (bicyclic) bond motifs is 5. The van der Waals surface area contributed by atoms with E-state index in [4.69, 9.17) is 97.4 Å². The largest absolute Gasteiger partial charge is 0.481 e. The van der Waals surface area contributed by atoms with Crippen LogP contribution in [0.4, 0.5) is 24.5 Å². The van der Waals surface area contributed by atoms with Gasteiger partial charge in [0.05, 0.1) is 67.9 Å². The van der Waals surface area contributed by atoms with Crippen molar-refractivity contribution in [2.24, 2.45) is 0 Å². The van der Waals surface area contributed by atoms with E-state index in [1.807, 2.05) is 39.0 Å². The second kappa shape index (κ2) is 38.0. The quantitative estimate of drug-likeness (QED) is 0.0110. The predicted molar refractivity (Wildman–Crippen MR) is 393 cm³/mol. The second-order valence-electron chi connectivity index (χ2n) is 23.3. The lowest BCUT2D eigenvalue weighted by atomic mass is 10.0. The van der Waals surface area contributed by atoms with Gasteiger partial charge in [0.1, 0.15) is 27.8 Å². The van der Waals surface area contributed by atoms with Crippen molar-refractivity contribution in [2.45, 2.75) is 119 Å². The van der Waals surface area contributed by atoms with Gasteiger partial charge in [-0.25, -0.2) is 19.2 Å². The number of benzene rings is 5. The van der Waals surface area contributed by atoms with Gasteiger partial charge in [0.25, 0.3) is 11.4 Å². The fraction of sp³-hybridized carbons (Fsp3) is 0.310. The lowest BCUT2D eigenvalue weighted by Gasteiger charge is -2.12. The second-order valence-corrected chi connectivity index (χ2v) is 25.3. The van der Waals surface area contributed by atoms with E-state index < -0.39 is 92.4 Å². The fourth-order valence-electron chi connectivity index (χ4n) is 11.4. The minimum absolute atomic E-state index is 0.00374. The van der Waals surface area contributed by atoms with E-state index in [0.29, 0.717) is 44.0 Å². The van der Waals surface area contributed by atoms with Crippen molar-refractivity contribution in [1.82, 2.24) is 24.9 Å². The molecule has 0 radical (unpaired) electrons. The molecule has 0 fully saturated rings. The van der Waals surface area contributed by atoms with Gasteiger partial charge in [0, 0.05) is 105 Å². The smallest absolute Gasteiger partial charge is 0.418 e. The molecule has 576 valence electrons. The zero-order valence-corrected chi connectivity index (χ0v) is 62.0. The third kappa shape index (κ3) is 21.4. The van der Waals surface area contributed by atoms with Crippen LogP contribution >= 0.6 is 58.0 Å². The summed E-state index contributed by atoms with van der Waals surface area (Å²) in [6.45, 7) is 13.0. The van der Waals surface area contributed by atoms with Crippen LogP contribution in [0.15, 0.2) is 60.7 Å². The molecule has 0 bridgehead atoms. The number of aromatic nitrogens is 5. The molecule has 0 spiro atoms. The van der Waals surface area contributed by atoms with Gasteiger partial charge >= 0.3 is 59.9 Å². The third-order valence-electron chi connectivity index (χ3n) is 16.1. The monoisotopic (exact) mass is 1600 g/mol. The maximum Gasteiger partial charge on any atom is 0.418 e. The Hall–Kier alpha value is -10.9. The number of nitro groups is 2. The maximum absolute atomic E-state index is 13.4. The van der Waals surface area contributed by atoms with Crippen LogP contribution in [-0.2, 0) is 81.2 Å². The molecule has 5 aromatic heterocycles. The van der Waals surface area contributed by atoms with Crippen molar-refractivity contribution in [3.05, 3.63) is 179 Å². The van der Waals surface area contributed by atoms with Crippen LogP contribution in [0.2, 0.25) is 25.1 Å². The Bertz CT molecular complexity index is 5150. The molecule has 5 aromatic carbocycles. The molecule has 0 saturated carbocycles. The number of H-pyrrole nitrogens is 5. The number of alkyl halides is 3. The first kappa shape index (κ1) is 86.0. The Kier molecular flexibility index (Phi) is 30.3. The Balaban J connectivity index is 0.000000212. The molecule has 0 aliphatic heterocycles. The number of nitro benzene ring substituents is 2. The first-order valence-corrected chi connectivity index (χ1v) is 34.4. The lowest BCUT2D eigenvalue weighted by Crippen LogP contribution is -2.11. The number of carboxylic acids is 5. The molecule has 37 heteroatoms. The van der Waals surface area contributed by atoms with Crippen LogP contribution in [0.1, 0.15) is 152 Å². The SMILES string of the molecule is CCOC(=O)CCc1c(C(=O)O)[nH]c2ccc([N+](=O)[O-])cc12.CCOC(=O)c1[nH]c2c(Cl)cc(C)cc2c1CCC(=O)O.CCOC(=O)c1[nH]c2c(Cl)cc([N+](=O)[O-])c(Cl)c2c1CCC(=O)O.CCOC(=O)c1[nH]c2ccc(Cl)c(C(F)(F)F)c2c1CCC(=O)O.Cc1cc2[nH]c(C)c(CCC(=O)O)c2cc1Cl. The van der Waals surface area contributed by atoms with Crippen LogP contribution in [0.5, 0.6) is 0 Å². The minimum atomic E-state index is -4.76. The highest BCUT2D eigenvalue weighted by atomic mass is 35.5. The molecule has 10 N–H and O–H groups in total. The highest BCUT2D eigenvalue weighted by Crippen LogP contribution is 2.44. The van der Waals surface area contributed by atoms with Gasteiger partial charge in [-0.3, -0.25) is 44.2 Å². The number of non-ortho nitro benzene ring substituents is 1. The minimum Gasteiger partial charge on any atom is -0.481 e. The molecule has 0 atom stereocenters. The summed E-state index contributed by atoms with van der Waals surface area (Å²) >= 11 is 30.1. The number of carbonyl (C=O) groups is 9. The Morgan fingerprint density at radius 3 is 1.42 bits per heavy atom. The molecule has 10 aromatic rings. The number of carbonyl (C=O) groups excluding carboxylic acids is 4. The summed E-state index contributed by atoms with van der Waals surface area (Å²) in [5.74, 6) is -7.68. The van der Waals surface area contributed by atoms with E-state index in [1.165, 1.54) is 24.3 Å². The number of aromatic amines is 5. The van der Waals surface area contributed by atoms with Crippen molar-refractivity contribution in [3.8, 4) is 0 Å². The number of aryl methyl sites for hydroxylation is 8. The molecule has 5 heterocycles. The Morgan fingerprint density at radius 1 is 0.454 bits per heavy atom. The van der Waals surface area contributed by atoms with Crippen LogP contribution in [-0.4, -0.2) is 140 Å². The summed E-state index contributed by atoms with van der Waals surface area (Å²) in [4.78, 5) is 137. The number of aromatic carboxylic acids is 1. The first-order chi connectivity index (χ1) is 50.8. The number of aliphatic carboxylic acids is 4. The molecular formula is C71H69Cl5F3N7O22. The van der Waals surface area contributed by atoms with E-state index in [2.05, 4.69) is 24.9 Å². The maximum atomic E-state index is 13.4. The zero-order chi connectivity index (χ0) is 80.5. The average molecular weight is 1610 g/mol. The number of esters is 4. The van der Waals surface area contributed by atoms with Crippen LogP contribution in [0.25, 0.3) is 54.5 Å². The van der Waals surface area contributed by atoms with E-state index in [-0.39, 0.29) is 149 Å². The van der Waals surface area contributed by atoms with Crippen molar-refractivity contribution in [1.29, 1.82) is 0 Å². The van der Waals surface area contributed by atoms with Gasteiger partial charge in [-0.05, 0) is 162 Å². The number of halogens is 8. The summed E-state index contributed by atoms with van der Waals surface area (Å²) in [6, 6.07) is 15.1. The van der Waals surface area contributed by atoms with Crippen molar-refractivity contribution in [3.63, 3.8) is 0 Å². The van der Waals surface area contributed by atoms with Gasteiger partial charge in [-0.15, -0.1) is 0 Å². The van der Waals surface area contributed by atoms with Crippen LogP contribution in [0.3, 0.4) is 0 Å². The van der Waals surface area contributed by atoms with E-state index in [9.17, 15) is 81.7 Å². The summed E-state index contributed by atoms with van der Waals surface area (Å²) in [5, 5.41) is 69.1. The number of rotatable bonds is 25. The summed E-state index contributed by atoms with van der Waals surface area (Å²) in [7, 11) is 0. The lowest BCUT2D eigenvalue weighted by molar-refractivity contribution is -0.384. The number of carboxylic acid groups (broad SMARTS) is 5. The molecule has 0 saturated heterocycles. The summed E-state index contributed by atoms with van der Waals surface area (Å²) in [5.41, 5.74) is 5.88. The normalized spacial score (nSPS) is 11.0. The molecule has 108 heavy (non-hydrogen) atoms. The van der Waals surface area contributed by atoms with E-state index >= 15 is 0 Å². The molecule has 0 unspecified atom stereocenters. The van der Waals surface area contributed by atoms with Crippen molar-refractivity contribution >= 4 is 178 Å². The van der Waals surface area contributed by atoms with E-state index in [0.717, 1.165) is 50.8 Å². The fourth-order valence-corrected chi connectivity index (χ4v) is 12.8. The van der Waals surface area contributed by atoms with Crippen LogP contribution < -0.4 is 0 Å². The van der Waals surface area contributed by atoms with Crippen molar-refractivity contribution < 1.29 is 111 Å². The van der Waals surface area contributed by atoms with Gasteiger partial charge in [0.15, 0.2) is 0 Å². The topological polar surface area (TPSA) is 457 Å².